The Morgan fingerprint density at radius 1 is 0.291 bits per heavy atom. The van der Waals surface area contributed by atoms with Crippen molar-refractivity contribution in [1.29, 1.82) is 0 Å². The number of benzene rings is 9. The molecule has 11 rings (SSSR count). The van der Waals surface area contributed by atoms with Crippen molar-refractivity contribution in [3.05, 3.63) is 188 Å². The summed E-state index contributed by atoms with van der Waals surface area (Å²) < 4.78 is 6.53. The van der Waals surface area contributed by atoms with Crippen LogP contribution < -0.4 is 0 Å². The fraction of sp³-hybridized carbons (Fsp3) is 0. The minimum atomic E-state index is 0.593. The van der Waals surface area contributed by atoms with Crippen LogP contribution in [0.15, 0.2) is 192 Å². The third-order valence-electron chi connectivity index (χ3n) is 10.7. The van der Waals surface area contributed by atoms with Crippen molar-refractivity contribution in [2.24, 2.45) is 0 Å². The maximum absolute atomic E-state index is 6.53. The van der Waals surface area contributed by atoms with E-state index >= 15 is 0 Å². The minimum absolute atomic E-state index is 0.593. The van der Waals surface area contributed by atoms with Crippen LogP contribution in [0.25, 0.3) is 111 Å². The van der Waals surface area contributed by atoms with Crippen LogP contribution in [-0.2, 0) is 0 Å². The Labute approximate surface area is 317 Å². The summed E-state index contributed by atoms with van der Waals surface area (Å²) in [5.74, 6) is 1.82. The number of fused-ring (bicyclic) bond motifs is 8. The highest BCUT2D eigenvalue weighted by atomic mass is 16.3. The molecule has 2 aromatic heterocycles. The number of hydrogen-bond donors (Lipinski definition) is 0. The number of furan rings is 1. The van der Waals surface area contributed by atoms with Gasteiger partial charge >= 0.3 is 0 Å². The molecule has 0 aliphatic heterocycles. The lowest BCUT2D eigenvalue weighted by molar-refractivity contribution is 0.669. The molecule has 0 fully saturated rings. The van der Waals surface area contributed by atoms with Crippen molar-refractivity contribution >= 4 is 54.3 Å². The molecule has 0 atom stereocenters. The summed E-state index contributed by atoms with van der Waals surface area (Å²) in [5.41, 5.74) is 8.92. The van der Waals surface area contributed by atoms with E-state index < -0.39 is 0 Å². The summed E-state index contributed by atoms with van der Waals surface area (Å²) in [6, 6.07) is 65.7. The van der Waals surface area contributed by atoms with Crippen LogP contribution in [0.1, 0.15) is 0 Å². The van der Waals surface area contributed by atoms with Crippen molar-refractivity contribution in [1.82, 2.24) is 15.0 Å². The Morgan fingerprint density at radius 2 is 0.873 bits per heavy atom. The third-order valence-corrected chi connectivity index (χ3v) is 10.7. The minimum Gasteiger partial charge on any atom is -0.456 e. The van der Waals surface area contributed by atoms with Crippen LogP contribution in [0.2, 0.25) is 0 Å². The van der Waals surface area contributed by atoms with E-state index in [1.54, 1.807) is 0 Å². The zero-order chi connectivity index (χ0) is 36.3. The second kappa shape index (κ2) is 12.6. The Morgan fingerprint density at radius 3 is 1.65 bits per heavy atom. The molecular weight excluding hydrogens is 671 g/mol. The van der Waals surface area contributed by atoms with Gasteiger partial charge in [0.2, 0.25) is 0 Å². The zero-order valence-corrected chi connectivity index (χ0v) is 29.6. The van der Waals surface area contributed by atoms with Gasteiger partial charge in [0, 0.05) is 27.5 Å². The first-order chi connectivity index (χ1) is 27.2. The number of aromatic nitrogens is 3. The van der Waals surface area contributed by atoms with E-state index in [9.17, 15) is 0 Å². The Hall–Kier alpha value is -7.43. The van der Waals surface area contributed by atoms with Gasteiger partial charge in [0.15, 0.2) is 17.5 Å². The maximum Gasteiger partial charge on any atom is 0.164 e. The number of rotatable bonds is 5. The summed E-state index contributed by atoms with van der Waals surface area (Å²) >= 11 is 0. The molecule has 0 amide bonds. The molecule has 0 aliphatic carbocycles. The average molecular weight is 702 g/mol. The predicted octanol–water partition coefficient (Wildman–Crippen LogP) is 13.6. The van der Waals surface area contributed by atoms with Crippen molar-refractivity contribution in [3.8, 4) is 56.4 Å². The molecule has 4 heteroatoms. The standard InChI is InChI=1S/C51H31N3O/c1-3-12-32(13-4-1)34-22-25-36(26-23-34)49-52-50(43-20-11-21-45-48(43)42-29-28-37(31-46(42)55-45)33-14-5-2-6-15-33)54-51(53-49)44-30-38-27-24-35-16-7-8-17-39(35)47(38)41-19-10-9-18-40(41)44/h1-31H. The lowest BCUT2D eigenvalue weighted by atomic mass is 9.93. The molecule has 0 bridgehead atoms. The van der Waals surface area contributed by atoms with E-state index in [2.05, 4.69) is 164 Å². The topological polar surface area (TPSA) is 51.8 Å². The van der Waals surface area contributed by atoms with E-state index in [-0.39, 0.29) is 0 Å². The fourth-order valence-electron chi connectivity index (χ4n) is 8.07. The summed E-state index contributed by atoms with van der Waals surface area (Å²) in [7, 11) is 0. The van der Waals surface area contributed by atoms with E-state index in [0.29, 0.717) is 17.5 Å². The van der Waals surface area contributed by atoms with Gasteiger partial charge in [-0.3, -0.25) is 0 Å². The summed E-state index contributed by atoms with van der Waals surface area (Å²) in [4.78, 5) is 15.8. The summed E-state index contributed by atoms with van der Waals surface area (Å²) in [6.07, 6.45) is 0. The lowest BCUT2D eigenvalue weighted by Crippen LogP contribution is -2.01. The Balaban J connectivity index is 1.15. The van der Waals surface area contributed by atoms with Gasteiger partial charge < -0.3 is 4.42 Å². The second-order valence-electron chi connectivity index (χ2n) is 14.0. The molecule has 0 N–H and O–H groups in total. The molecule has 11 aromatic rings. The molecule has 4 nitrogen and oxygen atoms in total. The Kier molecular flexibility index (Phi) is 7.14. The number of hydrogen-bond acceptors (Lipinski definition) is 4. The average Bonchev–Trinajstić information content (AvgIpc) is 3.65. The molecular formula is C51H31N3O. The highest BCUT2D eigenvalue weighted by molar-refractivity contribution is 6.23. The van der Waals surface area contributed by atoms with Crippen LogP contribution in [0.5, 0.6) is 0 Å². The predicted molar refractivity (Wildman–Crippen MR) is 227 cm³/mol. The molecule has 256 valence electrons. The molecule has 0 aliphatic rings. The zero-order valence-electron chi connectivity index (χ0n) is 29.6. The lowest BCUT2D eigenvalue weighted by Gasteiger charge is -2.14. The van der Waals surface area contributed by atoms with E-state index in [1.807, 2.05) is 24.3 Å². The molecule has 0 saturated carbocycles. The van der Waals surface area contributed by atoms with Crippen LogP contribution in [-0.4, -0.2) is 15.0 Å². The van der Waals surface area contributed by atoms with Gasteiger partial charge in [0.05, 0.1) is 0 Å². The first-order valence-corrected chi connectivity index (χ1v) is 18.5. The van der Waals surface area contributed by atoms with Gasteiger partial charge in [-0.2, -0.15) is 0 Å². The Bertz CT molecular complexity index is 3240. The van der Waals surface area contributed by atoms with E-state index in [0.717, 1.165) is 71.7 Å². The van der Waals surface area contributed by atoms with Crippen LogP contribution in [0, 0.1) is 0 Å². The quantitative estimate of drug-likeness (QED) is 0.168. The van der Waals surface area contributed by atoms with Gasteiger partial charge in [-0.05, 0) is 78.8 Å². The highest BCUT2D eigenvalue weighted by Gasteiger charge is 2.20. The molecule has 0 radical (unpaired) electrons. The van der Waals surface area contributed by atoms with Gasteiger partial charge in [0.1, 0.15) is 11.2 Å². The first kappa shape index (κ1) is 31.1. The van der Waals surface area contributed by atoms with E-state index in [4.69, 9.17) is 19.4 Å². The maximum atomic E-state index is 6.53. The van der Waals surface area contributed by atoms with Crippen LogP contribution >= 0.6 is 0 Å². The summed E-state index contributed by atoms with van der Waals surface area (Å²) in [6.45, 7) is 0. The van der Waals surface area contributed by atoms with Crippen molar-refractivity contribution < 1.29 is 4.42 Å². The molecule has 9 aromatic carbocycles. The first-order valence-electron chi connectivity index (χ1n) is 18.5. The third kappa shape index (κ3) is 5.26. The van der Waals surface area contributed by atoms with Crippen LogP contribution in [0.3, 0.4) is 0 Å². The largest absolute Gasteiger partial charge is 0.456 e. The smallest absolute Gasteiger partial charge is 0.164 e. The highest BCUT2D eigenvalue weighted by Crippen LogP contribution is 2.41. The van der Waals surface area contributed by atoms with Gasteiger partial charge in [-0.15, -0.1) is 0 Å². The second-order valence-corrected chi connectivity index (χ2v) is 14.0. The molecule has 55 heavy (non-hydrogen) atoms. The normalized spacial score (nSPS) is 11.6. The van der Waals surface area contributed by atoms with Crippen molar-refractivity contribution in [3.63, 3.8) is 0 Å². The fourth-order valence-corrected chi connectivity index (χ4v) is 8.07. The van der Waals surface area contributed by atoms with Gasteiger partial charge in [0.25, 0.3) is 0 Å². The SMILES string of the molecule is c1ccc(-c2ccc(-c3nc(-c4cc5ccc6ccccc6c5c5ccccc45)nc(-c4cccc5oc6cc(-c7ccccc7)ccc6c45)n3)cc2)cc1. The molecule has 0 spiro atoms. The van der Waals surface area contributed by atoms with E-state index in [1.165, 1.54) is 21.5 Å². The van der Waals surface area contributed by atoms with Crippen molar-refractivity contribution in [2.75, 3.05) is 0 Å². The monoisotopic (exact) mass is 701 g/mol. The van der Waals surface area contributed by atoms with Crippen LogP contribution in [0.4, 0.5) is 0 Å². The van der Waals surface area contributed by atoms with Gasteiger partial charge in [-0.1, -0.05) is 164 Å². The number of nitrogens with zero attached hydrogens (tertiary/aromatic N) is 3. The molecule has 0 unspecified atom stereocenters. The summed E-state index contributed by atoms with van der Waals surface area (Å²) in [5, 5.41) is 9.07. The van der Waals surface area contributed by atoms with Gasteiger partial charge in [-0.25, -0.2) is 15.0 Å². The van der Waals surface area contributed by atoms with Crippen molar-refractivity contribution in [2.45, 2.75) is 0 Å². The molecule has 2 heterocycles. The molecule has 0 saturated heterocycles.